The third kappa shape index (κ3) is 7.31. The van der Waals surface area contributed by atoms with Crippen LogP contribution in [0, 0.1) is 17.6 Å². The van der Waals surface area contributed by atoms with Crippen LogP contribution in [0.5, 0.6) is 5.75 Å². The molecule has 1 aliphatic carbocycles. The lowest BCUT2D eigenvalue weighted by Crippen LogP contribution is -2.11. The topological polar surface area (TPSA) is 9.23 Å². The highest BCUT2D eigenvalue weighted by atomic mass is 19.2. The summed E-state index contributed by atoms with van der Waals surface area (Å²) in [5.74, 6) is -0.447. The minimum Gasteiger partial charge on any atom is -0.491 e. The largest absolute Gasteiger partial charge is 0.491 e. The van der Waals surface area contributed by atoms with Crippen LogP contribution < -0.4 is 4.74 Å². The van der Waals surface area contributed by atoms with Crippen molar-refractivity contribution in [2.45, 2.75) is 77.6 Å². The van der Waals surface area contributed by atoms with Gasteiger partial charge in [-0.15, -0.1) is 0 Å². The monoisotopic (exact) mass is 502 g/mol. The van der Waals surface area contributed by atoms with Crippen LogP contribution in [0.15, 0.2) is 72.8 Å². The zero-order valence-electron chi connectivity index (χ0n) is 22.3. The third-order valence-electron chi connectivity index (χ3n) is 7.66. The van der Waals surface area contributed by atoms with Crippen LogP contribution in [0.2, 0.25) is 0 Å². The van der Waals surface area contributed by atoms with Crippen LogP contribution in [-0.2, 0) is 12.8 Å². The Morgan fingerprint density at radius 2 is 1.46 bits per heavy atom. The summed E-state index contributed by atoms with van der Waals surface area (Å²) in [6.45, 7) is 4.29. The first kappa shape index (κ1) is 27.1. The van der Waals surface area contributed by atoms with E-state index in [0.29, 0.717) is 24.0 Å². The Balaban J connectivity index is 1.22. The summed E-state index contributed by atoms with van der Waals surface area (Å²) in [4.78, 5) is 0. The summed E-state index contributed by atoms with van der Waals surface area (Å²) < 4.78 is 33.9. The van der Waals surface area contributed by atoms with Crippen molar-refractivity contribution in [3.05, 3.63) is 101 Å². The van der Waals surface area contributed by atoms with Crippen LogP contribution in [0.25, 0.3) is 11.1 Å². The molecule has 1 saturated carbocycles. The fraction of sp³-hybridized carbons (Fsp3) is 0.412. The maximum absolute atomic E-state index is 14.5. The lowest BCUT2D eigenvalue weighted by Gasteiger charge is -2.27. The van der Waals surface area contributed by atoms with Crippen LogP contribution in [-0.4, -0.2) is 6.61 Å². The van der Waals surface area contributed by atoms with Gasteiger partial charge in [0, 0.05) is 5.56 Å². The summed E-state index contributed by atoms with van der Waals surface area (Å²) in [5.41, 5.74) is 5.11. The van der Waals surface area contributed by atoms with Crippen molar-refractivity contribution >= 4 is 0 Å². The van der Waals surface area contributed by atoms with E-state index in [4.69, 9.17) is 4.74 Å². The standard InChI is InChI=1S/C34H40F2O/c1-3-5-8-25-11-17-28(18-12-25)29-19-13-26(14-20-29)9-6-7-10-27-15-21-30(22-16-27)31-23-24-32(37-4-2)34(36)33(31)35/h6,9,11-12,15-18,21-24,26,29H,3-5,7-8,10,13-14,19-20H2,1-2H3/b9-6+. The molecule has 1 aliphatic rings. The lowest BCUT2D eigenvalue weighted by molar-refractivity contribution is 0.314. The second-order valence-corrected chi connectivity index (χ2v) is 10.3. The van der Waals surface area contributed by atoms with Crippen LogP contribution in [0.4, 0.5) is 8.78 Å². The summed E-state index contributed by atoms with van der Waals surface area (Å²) in [6.07, 6.45) is 15.4. The van der Waals surface area contributed by atoms with Crippen molar-refractivity contribution in [1.29, 1.82) is 0 Å². The number of rotatable bonds is 11. The molecule has 0 aliphatic heterocycles. The number of hydrogen-bond acceptors (Lipinski definition) is 1. The first-order valence-electron chi connectivity index (χ1n) is 14.0. The molecule has 0 radical (unpaired) electrons. The van der Waals surface area contributed by atoms with E-state index >= 15 is 0 Å². The first-order chi connectivity index (χ1) is 18.1. The molecule has 0 spiro atoms. The molecule has 0 heterocycles. The smallest absolute Gasteiger partial charge is 0.201 e. The Morgan fingerprint density at radius 3 is 2.14 bits per heavy atom. The third-order valence-corrected chi connectivity index (χ3v) is 7.66. The molecule has 3 aromatic rings. The Morgan fingerprint density at radius 1 is 0.784 bits per heavy atom. The molecule has 196 valence electrons. The number of ether oxygens (including phenoxy) is 1. The van der Waals surface area contributed by atoms with E-state index < -0.39 is 11.6 Å². The van der Waals surface area contributed by atoms with Gasteiger partial charge in [-0.2, -0.15) is 4.39 Å². The normalized spacial score (nSPS) is 17.8. The molecule has 0 saturated heterocycles. The predicted octanol–water partition coefficient (Wildman–Crippen LogP) is 9.84. The van der Waals surface area contributed by atoms with Gasteiger partial charge in [-0.3, -0.25) is 0 Å². The Labute approximate surface area is 221 Å². The molecule has 0 N–H and O–H groups in total. The van der Waals surface area contributed by atoms with E-state index in [-0.39, 0.29) is 11.3 Å². The zero-order chi connectivity index (χ0) is 26.0. The van der Waals surface area contributed by atoms with Gasteiger partial charge in [0.15, 0.2) is 11.6 Å². The molecule has 3 heteroatoms. The van der Waals surface area contributed by atoms with Crippen LogP contribution in [0.1, 0.15) is 81.4 Å². The zero-order valence-corrected chi connectivity index (χ0v) is 22.3. The SMILES string of the molecule is CCCCc1ccc(C2CCC(/C=C/CCc3ccc(-c4ccc(OCC)c(F)c4F)cc3)CC2)cc1. The molecular weight excluding hydrogens is 462 g/mol. The Bertz CT molecular complexity index is 1140. The molecule has 0 unspecified atom stereocenters. The van der Waals surface area contributed by atoms with Gasteiger partial charge in [-0.1, -0.05) is 74.0 Å². The van der Waals surface area contributed by atoms with Crippen molar-refractivity contribution in [3.8, 4) is 16.9 Å². The van der Waals surface area contributed by atoms with Gasteiger partial charge >= 0.3 is 0 Å². The maximum Gasteiger partial charge on any atom is 0.201 e. The summed E-state index contributed by atoms with van der Waals surface area (Å²) >= 11 is 0. The molecule has 1 nitrogen and oxygen atoms in total. The number of hydrogen-bond donors (Lipinski definition) is 0. The first-order valence-corrected chi connectivity index (χ1v) is 14.0. The molecule has 0 atom stereocenters. The van der Waals surface area contributed by atoms with Gasteiger partial charge in [0.1, 0.15) is 0 Å². The number of halogens is 2. The van der Waals surface area contributed by atoms with Crippen molar-refractivity contribution in [2.24, 2.45) is 5.92 Å². The molecule has 37 heavy (non-hydrogen) atoms. The summed E-state index contributed by atoms with van der Waals surface area (Å²) in [5, 5.41) is 0. The molecule has 0 aromatic heterocycles. The van der Waals surface area contributed by atoms with E-state index in [1.807, 2.05) is 24.3 Å². The average Bonchev–Trinajstić information content (AvgIpc) is 2.94. The summed E-state index contributed by atoms with van der Waals surface area (Å²) in [6, 6.07) is 20.2. The van der Waals surface area contributed by atoms with Crippen molar-refractivity contribution in [2.75, 3.05) is 6.61 Å². The van der Waals surface area contributed by atoms with E-state index in [2.05, 4.69) is 43.3 Å². The highest BCUT2D eigenvalue weighted by molar-refractivity contribution is 5.65. The second-order valence-electron chi connectivity index (χ2n) is 10.3. The minimum absolute atomic E-state index is 0.0443. The van der Waals surface area contributed by atoms with Gasteiger partial charge in [0.2, 0.25) is 5.82 Å². The fourth-order valence-corrected chi connectivity index (χ4v) is 5.39. The number of aryl methyl sites for hydroxylation is 2. The molecular formula is C34H40F2O. The summed E-state index contributed by atoms with van der Waals surface area (Å²) in [7, 11) is 0. The van der Waals surface area contributed by atoms with Gasteiger partial charge in [0.05, 0.1) is 6.61 Å². The van der Waals surface area contributed by atoms with E-state index in [9.17, 15) is 8.78 Å². The van der Waals surface area contributed by atoms with Crippen LogP contribution in [0.3, 0.4) is 0 Å². The van der Waals surface area contributed by atoms with E-state index in [0.717, 1.165) is 12.8 Å². The molecule has 4 rings (SSSR count). The minimum atomic E-state index is -0.928. The van der Waals surface area contributed by atoms with Gasteiger partial charge in [-0.25, -0.2) is 4.39 Å². The Hall–Kier alpha value is -2.94. The second kappa shape index (κ2) is 13.6. The fourth-order valence-electron chi connectivity index (χ4n) is 5.39. The van der Waals surface area contributed by atoms with Crippen LogP contribution >= 0.6 is 0 Å². The van der Waals surface area contributed by atoms with Crippen molar-refractivity contribution in [3.63, 3.8) is 0 Å². The molecule has 0 amide bonds. The number of benzene rings is 3. The Kier molecular flexibility index (Phi) is 9.93. The quantitative estimate of drug-likeness (QED) is 0.237. The van der Waals surface area contributed by atoms with Gasteiger partial charge < -0.3 is 4.74 Å². The van der Waals surface area contributed by atoms with Crippen molar-refractivity contribution < 1.29 is 13.5 Å². The predicted molar refractivity (Wildman–Crippen MR) is 150 cm³/mol. The van der Waals surface area contributed by atoms with Gasteiger partial charge in [-0.05, 0) is 105 Å². The highest BCUT2D eigenvalue weighted by Crippen LogP contribution is 2.36. The number of allylic oxidation sites excluding steroid dienone is 2. The average molecular weight is 503 g/mol. The number of unbranched alkanes of at least 4 members (excludes halogenated alkanes) is 1. The van der Waals surface area contributed by atoms with Gasteiger partial charge in [0.25, 0.3) is 0 Å². The maximum atomic E-state index is 14.5. The molecule has 3 aromatic carbocycles. The molecule has 0 bridgehead atoms. The lowest BCUT2D eigenvalue weighted by atomic mass is 9.78. The molecule has 1 fully saturated rings. The highest BCUT2D eigenvalue weighted by Gasteiger charge is 2.21. The van der Waals surface area contributed by atoms with Crippen molar-refractivity contribution in [1.82, 2.24) is 0 Å². The van der Waals surface area contributed by atoms with E-state index in [1.54, 1.807) is 13.0 Å². The van der Waals surface area contributed by atoms with E-state index in [1.165, 1.54) is 67.7 Å².